The van der Waals surface area contributed by atoms with E-state index in [4.69, 9.17) is 5.84 Å². The van der Waals surface area contributed by atoms with Crippen LogP contribution < -0.4 is 11.3 Å². The van der Waals surface area contributed by atoms with Gasteiger partial charge in [-0.05, 0) is 25.0 Å². The van der Waals surface area contributed by atoms with E-state index in [0.717, 1.165) is 37.8 Å². The zero-order valence-corrected chi connectivity index (χ0v) is 11.8. The van der Waals surface area contributed by atoms with Crippen LogP contribution in [0.4, 0.5) is 13.2 Å². The average Bonchev–Trinajstić information content (AvgIpc) is 2.72. The zero-order chi connectivity index (χ0) is 15.3. The number of aliphatic imine (C=N–C) groups is 1. The van der Waals surface area contributed by atoms with Gasteiger partial charge in [0.05, 0.1) is 11.6 Å². The highest BCUT2D eigenvalue weighted by Gasteiger charge is 2.30. The molecule has 0 aliphatic heterocycles. The van der Waals surface area contributed by atoms with E-state index in [-0.39, 0.29) is 6.04 Å². The average molecular weight is 299 g/mol. The Hall–Kier alpha value is -1.56. The number of benzene rings is 1. The van der Waals surface area contributed by atoms with E-state index in [1.807, 2.05) is 0 Å². The Morgan fingerprint density at radius 1 is 1.14 bits per heavy atom. The molecule has 3 nitrogen and oxygen atoms in total. The number of nitrogens with one attached hydrogen (secondary N) is 1. The molecule has 0 spiro atoms. The summed E-state index contributed by atoms with van der Waals surface area (Å²) in [5, 5.41) is 0. The maximum atomic E-state index is 12.8. The highest BCUT2D eigenvalue weighted by atomic mass is 19.4. The van der Waals surface area contributed by atoms with Crippen molar-refractivity contribution in [2.45, 2.75) is 50.7 Å². The third kappa shape index (κ3) is 4.46. The lowest BCUT2D eigenvalue weighted by Crippen LogP contribution is -2.32. The molecule has 0 unspecified atom stereocenters. The van der Waals surface area contributed by atoms with Gasteiger partial charge in [0.1, 0.15) is 5.84 Å². The van der Waals surface area contributed by atoms with E-state index in [2.05, 4.69) is 10.4 Å². The van der Waals surface area contributed by atoms with Gasteiger partial charge in [0.15, 0.2) is 0 Å². The summed E-state index contributed by atoms with van der Waals surface area (Å²) >= 11 is 0. The summed E-state index contributed by atoms with van der Waals surface area (Å²) in [6, 6.07) is 5.22. The van der Waals surface area contributed by atoms with Crippen molar-refractivity contribution < 1.29 is 13.2 Å². The number of halogens is 3. The smallest absolute Gasteiger partial charge is 0.308 e. The van der Waals surface area contributed by atoms with Gasteiger partial charge in [-0.15, -0.1) is 0 Å². The second kappa shape index (κ2) is 6.93. The van der Waals surface area contributed by atoms with Gasteiger partial charge < -0.3 is 5.43 Å². The van der Waals surface area contributed by atoms with Crippen LogP contribution in [0.25, 0.3) is 0 Å². The lowest BCUT2D eigenvalue weighted by Gasteiger charge is -2.14. The third-order valence-electron chi connectivity index (χ3n) is 3.74. The first-order valence-corrected chi connectivity index (χ1v) is 7.23. The second-order valence-electron chi connectivity index (χ2n) is 5.35. The van der Waals surface area contributed by atoms with Crippen LogP contribution in [0.5, 0.6) is 0 Å². The van der Waals surface area contributed by atoms with Gasteiger partial charge in [-0.1, -0.05) is 37.8 Å². The molecule has 6 heteroatoms. The molecular weight excluding hydrogens is 279 g/mol. The fourth-order valence-electron chi connectivity index (χ4n) is 2.61. The molecule has 1 fully saturated rings. The molecule has 0 atom stereocenters. The molecule has 1 saturated carbocycles. The first-order chi connectivity index (χ1) is 10.0. The minimum Gasteiger partial charge on any atom is -0.308 e. The van der Waals surface area contributed by atoms with Crippen LogP contribution in [0.15, 0.2) is 29.3 Å². The van der Waals surface area contributed by atoms with Gasteiger partial charge in [-0.25, -0.2) is 5.84 Å². The number of rotatable bonds is 2. The number of alkyl halides is 3. The molecule has 0 radical (unpaired) electrons. The molecule has 21 heavy (non-hydrogen) atoms. The Morgan fingerprint density at radius 2 is 1.81 bits per heavy atom. The van der Waals surface area contributed by atoms with E-state index in [1.54, 1.807) is 6.07 Å². The molecule has 1 aliphatic rings. The molecule has 1 aromatic carbocycles. The van der Waals surface area contributed by atoms with E-state index < -0.39 is 11.7 Å². The summed E-state index contributed by atoms with van der Waals surface area (Å²) in [5.74, 6) is 5.78. The molecule has 0 heterocycles. The van der Waals surface area contributed by atoms with Crippen LogP contribution in [-0.4, -0.2) is 11.9 Å². The van der Waals surface area contributed by atoms with Gasteiger partial charge in [0.2, 0.25) is 0 Å². The first-order valence-electron chi connectivity index (χ1n) is 7.23. The standard InChI is InChI=1S/C15H20F3N3/c16-15(17,18)12-7-5-6-11(10-12)14(21-19)20-13-8-3-1-2-4-9-13/h5-7,10,13H,1-4,8-9,19H2,(H,20,21). The van der Waals surface area contributed by atoms with E-state index in [9.17, 15) is 13.2 Å². The largest absolute Gasteiger partial charge is 0.416 e. The minimum atomic E-state index is -4.36. The van der Waals surface area contributed by atoms with Gasteiger partial charge in [0, 0.05) is 5.56 Å². The van der Waals surface area contributed by atoms with E-state index in [1.165, 1.54) is 18.9 Å². The first kappa shape index (κ1) is 15.8. The summed E-state index contributed by atoms with van der Waals surface area (Å²) < 4.78 is 38.3. The number of amidine groups is 1. The Bertz CT molecular complexity index is 489. The highest BCUT2D eigenvalue weighted by Crippen LogP contribution is 2.29. The molecule has 1 aliphatic carbocycles. The highest BCUT2D eigenvalue weighted by molar-refractivity contribution is 5.98. The predicted molar refractivity (Wildman–Crippen MR) is 76.8 cm³/mol. The maximum Gasteiger partial charge on any atom is 0.416 e. The van der Waals surface area contributed by atoms with Crippen molar-refractivity contribution in [1.29, 1.82) is 0 Å². The number of hydrogen-bond acceptors (Lipinski definition) is 2. The Balaban J connectivity index is 2.24. The summed E-state index contributed by atoms with van der Waals surface area (Å²) in [5.41, 5.74) is 2.13. The Kier molecular flexibility index (Phi) is 5.22. The number of hydrazine groups is 1. The van der Waals surface area contributed by atoms with Crippen molar-refractivity contribution in [2.75, 3.05) is 0 Å². The van der Waals surface area contributed by atoms with Gasteiger partial charge in [-0.3, -0.25) is 4.99 Å². The molecular formula is C15H20F3N3. The molecule has 0 saturated heterocycles. The van der Waals surface area contributed by atoms with E-state index in [0.29, 0.717) is 11.4 Å². The Morgan fingerprint density at radius 3 is 2.38 bits per heavy atom. The fraction of sp³-hybridized carbons (Fsp3) is 0.533. The van der Waals surface area contributed by atoms with Crippen molar-refractivity contribution in [3.05, 3.63) is 35.4 Å². The van der Waals surface area contributed by atoms with Crippen LogP contribution in [0.2, 0.25) is 0 Å². The van der Waals surface area contributed by atoms with E-state index >= 15 is 0 Å². The van der Waals surface area contributed by atoms with Crippen LogP contribution in [0.3, 0.4) is 0 Å². The molecule has 116 valence electrons. The third-order valence-corrected chi connectivity index (χ3v) is 3.74. The number of nitrogens with zero attached hydrogens (tertiary/aromatic N) is 1. The topological polar surface area (TPSA) is 50.4 Å². The minimum absolute atomic E-state index is 0.132. The van der Waals surface area contributed by atoms with Gasteiger partial charge in [-0.2, -0.15) is 13.2 Å². The predicted octanol–water partition coefficient (Wildman–Crippen LogP) is 3.64. The van der Waals surface area contributed by atoms with Crippen LogP contribution in [-0.2, 0) is 6.18 Å². The fourth-order valence-corrected chi connectivity index (χ4v) is 2.61. The Labute approximate surface area is 122 Å². The zero-order valence-electron chi connectivity index (χ0n) is 11.8. The molecule has 0 amide bonds. The normalized spacial score (nSPS) is 18.4. The van der Waals surface area contributed by atoms with Crippen molar-refractivity contribution in [3.63, 3.8) is 0 Å². The molecule has 2 rings (SSSR count). The van der Waals surface area contributed by atoms with Crippen LogP contribution in [0.1, 0.15) is 49.7 Å². The summed E-state index contributed by atoms with van der Waals surface area (Å²) in [6.07, 6.45) is 2.16. The monoisotopic (exact) mass is 299 g/mol. The second-order valence-corrected chi connectivity index (χ2v) is 5.35. The van der Waals surface area contributed by atoms with Crippen molar-refractivity contribution in [1.82, 2.24) is 5.43 Å². The van der Waals surface area contributed by atoms with Gasteiger partial charge >= 0.3 is 6.18 Å². The van der Waals surface area contributed by atoms with Crippen molar-refractivity contribution in [2.24, 2.45) is 10.8 Å². The maximum absolute atomic E-state index is 12.8. The molecule has 0 aromatic heterocycles. The van der Waals surface area contributed by atoms with Crippen LogP contribution >= 0.6 is 0 Å². The summed E-state index contributed by atoms with van der Waals surface area (Å²) in [7, 11) is 0. The quantitative estimate of drug-likeness (QED) is 0.288. The molecule has 3 N–H and O–H groups in total. The van der Waals surface area contributed by atoms with Gasteiger partial charge in [0.25, 0.3) is 0 Å². The number of nitrogens with two attached hydrogens (primary N) is 1. The van der Waals surface area contributed by atoms with Crippen LogP contribution in [0, 0.1) is 0 Å². The molecule has 0 bridgehead atoms. The summed E-state index contributed by atoms with van der Waals surface area (Å²) in [6.45, 7) is 0. The van der Waals surface area contributed by atoms with Crippen molar-refractivity contribution >= 4 is 5.84 Å². The SMILES string of the molecule is NNC(=NC1CCCCCC1)c1cccc(C(F)(F)F)c1. The number of hydrogen-bond donors (Lipinski definition) is 2. The molecule has 1 aromatic rings. The van der Waals surface area contributed by atoms with Crippen molar-refractivity contribution in [3.8, 4) is 0 Å². The lowest BCUT2D eigenvalue weighted by molar-refractivity contribution is -0.137. The summed E-state index contributed by atoms with van der Waals surface area (Å²) in [4.78, 5) is 4.52. The lowest BCUT2D eigenvalue weighted by atomic mass is 10.1.